The number of likely N-dealkylation sites (tertiary alicyclic amines) is 1. The lowest BCUT2D eigenvalue weighted by Crippen LogP contribution is -2.37. The molecule has 0 aliphatic carbocycles. The van der Waals surface area contributed by atoms with E-state index in [0.29, 0.717) is 10.8 Å². The fraction of sp³-hybridized carbons (Fsp3) is 1.00. The number of nitrogens with zero attached hydrogens (tertiary/aromatic N) is 1. The first-order valence-corrected chi connectivity index (χ1v) is 5.60. The van der Waals surface area contributed by atoms with Crippen LogP contribution in [0.15, 0.2) is 0 Å². The first-order valence-electron chi connectivity index (χ1n) is 5.60. The second-order valence-electron chi connectivity index (χ2n) is 5.77. The summed E-state index contributed by atoms with van der Waals surface area (Å²) >= 11 is 0. The van der Waals surface area contributed by atoms with Crippen LogP contribution in [0.25, 0.3) is 0 Å². The van der Waals surface area contributed by atoms with Crippen LogP contribution in [-0.2, 0) is 0 Å². The van der Waals surface area contributed by atoms with Gasteiger partial charge in [-0.1, -0.05) is 34.1 Å². The van der Waals surface area contributed by atoms with Crippen LogP contribution in [-0.4, -0.2) is 25.0 Å². The van der Waals surface area contributed by atoms with Gasteiger partial charge in [0.15, 0.2) is 0 Å². The predicted molar refractivity (Wildman–Crippen MR) is 58.9 cm³/mol. The van der Waals surface area contributed by atoms with E-state index in [0.717, 1.165) is 0 Å². The molecular weight excluding hydrogens is 158 g/mol. The molecule has 1 heterocycles. The highest BCUT2D eigenvalue weighted by molar-refractivity contribution is 4.96. The Balaban J connectivity index is 2.77. The van der Waals surface area contributed by atoms with Gasteiger partial charge in [-0.2, -0.15) is 0 Å². The molecule has 1 nitrogen and oxygen atoms in total. The zero-order valence-corrected chi connectivity index (χ0v) is 9.98. The van der Waals surface area contributed by atoms with Crippen LogP contribution in [0.3, 0.4) is 0 Å². The van der Waals surface area contributed by atoms with Crippen molar-refractivity contribution in [2.45, 2.75) is 47.0 Å². The van der Waals surface area contributed by atoms with Gasteiger partial charge >= 0.3 is 0 Å². The van der Waals surface area contributed by atoms with Gasteiger partial charge in [-0.15, -0.1) is 0 Å². The minimum Gasteiger partial charge on any atom is -0.306 e. The van der Waals surface area contributed by atoms with Crippen LogP contribution in [0.5, 0.6) is 0 Å². The minimum atomic E-state index is 0.466. The van der Waals surface area contributed by atoms with E-state index in [1.165, 1.54) is 32.4 Å². The molecule has 0 radical (unpaired) electrons. The van der Waals surface area contributed by atoms with Crippen LogP contribution in [0, 0.1) is 10.8 Å². The summed E-state index contributed by atoms with van der Waals surface area (Å²) in [5.74, 6) is 0. The van der Waals surface area contributed by atoms with E-state index >= 15 is 0 Å². The molecule has 1 aliphatic rings. The molecule has 0 saturated carbocycles. The monoisotopic (exact) mass is 183 g/mol. The first-order chi connectivity index (χ1) is 5.91. The molecule has 78 valence electrons. The second kappa shape index (κ2) is 3.61. The molecule has 1 atom stereocenters. The van der Waals surface area contributed by atoms with E-state index in [9.17, 15) is 0 Å². The van der Waals surface area contributed by atoms with Crippen LogP contribution in [0.4, 0.5) is 0 Å². The Bertz CT molecular complexity index is 164. The molecule has 1 aliphatic heterocycles. The average molecular weight is 183 g/mol. The topological polar surface area (TPSA) is 3.24 Å². The van der Waals surface area contributed by atoms with Gasteiger partial charge in [-0.25, -0.2) is 0 Å². The van der Waals surface area contributed by atoms with Crippen molar-refractivity contribution in [2.75, 3.05) is 20.1 Å². The third-order valence-electron chi connectivity index (χ3n) is 3.86. The molecule has 1 heteroatoms. The Morgan fingerprint density at radius 2 is 1.92 bits per heavy atom. The number of hydrogen-bond acceptors (Lipinski definition) is 1. The standard InChI is InChI=1S/C12H25N/c1-6-7-12(11(2,3)4)8-9-13(5)10-12/h6-10H2,1-5H3. The molecule has 13 heavy (non-hydrogen) atoms. The van der Waals surface area contributed by atoms with Gasteiger partial charge in [-0.3, -0.25) is 0 Å². The van der Waals surface area contributed by atoms with E-state index < -0.39 is 0 Å². The van der Waals surface area contributed by atoms with E-state index in [1.54, 1.807) is 0 Å². The Morgan fingerprint density at radius 3 is 2.23 bits per heavy atom. The molecule has 1 unspecified atom stereocenters. The summed E-state index contributed by atoms with van der Waals surface area (Å²) in [6.45, 7) is 12.1. The fourth-order valence-electron chi connectivity index (χ4n) is 2.75. The van der Waals surface area contributed by atoms with Crippen LogP contribution in [0.2, 0.25) is 0 Å². The van der Waals surface area contributed by atoms with Gasteiger partial charge in [-0.05, 0) is 37.3 Å². The van der Waals surface area contributed by atoms with Crippen molar-refractivity contribution >= 4 is 0 Å². The highest BCUT2D eigenvalue weighted by Gasteiger charge is 2.44. The summed E-state index contributed by atoms with van der Waals surface area (Å²) in [5, 5.41) is 0. The largest absolute Gasteiger partial charge is 0.306 e. The third kappa shape index (κ3) is 2.07. The highest BCUT2D eigenvalue weighted by Crippen LogP contribution is 2.48. The molecule has 1 saturated heterocycles. The van der Waals surface area contributed by atoms with Crippen molar-refractivity contribution in [3.05, 3.63) is 0 Å². The molecule has 0 amide bonds. The Labute approximate surface area is 83.5 Å². The molecule has 0 N–H and O–H groups in total. The molecule has 0 aromatic rings. The smallest absolute Gasteiger partial charge is 0.00404 e. The van der Waals surface area contributed by atoms with Gasteiger partial charge < -0.3 is 4.90 Å². The SMILES string of the molecule is CCCC1(C(C)(C)C)CCN(C)C1. The molecule has 0 aromatic heterocycles. The lowest BCUT2D eigenvalue weighted by atomic mass is 9.63. The highest BCUT2D eigenvalue weighted by atomic mass is 15.1. The van der Waals surface area contributed by atoms with E-state index in [4.69, 9.17) is 0 Å². The molecule has 0 aromatic carbocycles. The fourth-order valence-corrected chi connectivity index (χ4v) is 2.75. The van der Waals surface area contributed by atoms with E-state index in [1.807, 2.05) is 0 Å². The maximum Gasteiger partial charge on any atom is 0.00404 e. The molecule has 0 bridgehead atoms. The third-order valence-corrected chi connectivity index (χ3v) is 3.86. The average Bonchev–Trinajstić information content (AvgIpc) is 2.32. The molecular formula is C12H25N. The Morgan fingerprint density at radius 1 is 1.31 bits per heavy atom. The molecule has 1 rings (SSSR count). The summed E-state index contributed by atoms with van der Waals surface area (Å²) in [4.78, 5) is 2.49. The van der Waals surface area contributed by atoms with E-state index in [2.05, 4.69) is 39.6 Å². The quantitative estimate of drug-likeness (QED) is 0.635. The lowest BCUT2D eigenvalue weighted by molar-refractivity contribution is 0.0846. The summed E-state index contributed by atoms with van der Waals surface area (Å²) in [5.41, 5.74) is 1.05. The second-order valence-corrected chi connectivity index (χ2v) is 5.77. The summed E-state index contributed by atoms with van der Waals surface area (Å²) in [6, 6.07) is 0. The van der Waals surface area contributed by atoms with Crippen molar-refractivity contribution in [3.8, 4) is 0 Å². The van der Waals surface area contributed by atoms with Gasteiger partial charge in [0.05, 0.1) is 0 Å². The summed E-state index contributed by atoms with van der Waals surface area (Å²) in [6.07, 6.45) is 4.10. The normalized spacial score (nSPS) is 31.2. The molecule has 1 fully saturated rings. The van der Waals surface area contributed by atoms with E-state index in [-0.39, 0.29) is 0 Å². The van der Waals surface area contributed by atoms with Gasteiger partial charge in [0.2, 0.25) is 0 Å². The number of rotatable bonds is 2. The maximum absolute atomic E-state index is 2.49. The number of hydrogen-bond donors (Lipinski definition) is 0. The van der Waals surface area contributed by atoms with Crippen LogP contribution in [0.1, 0.15) is 47.0 Å². The molecule has 0 spiro atoms. The van der Waals surface area contributed by atoms with Crippen molar-refractivity contribution in [1.29, 1.82) is 0 Å². The summed E-state index contributed by atoms with van der Waals surface area (Å²) < 4.78 is 0. The minimum absolute atomic E-state index is 0.466. The van der Waals surface area contributed by atoms with Crippen LogP contribution >= 0.6 is 0 Å². The maximum atomic E-state index is 2.49. The van der Waals surface area contributed by atoms with Crippen LogP contribution < -0.4 is 0 Å². The van der Waals surface area contributed by atoms with Gasteiger partial charge in [0.1, 0.15) is 0 Å². The predicted octanol–water partition coefficient (Wildman–Crippen LogP) is 3.15. The Hall–Kier alpha value is -0.0400. The first kappa shape index (κ1) is 11.0. The zero-order valence-electron chi connectivity index (χ0n) is 9.98. The van der Waals surface area contributed by atoms with Crippen molar-refractivity contribution in [2.24, 2.45) is 10.8 Å². The van der Waals surface area contributed by atoms with Crippen molar-refractivity contribution in [3.63, 3.8) is 0 Å². The zero-order chi connectivity index (χ0) is 10.1. The summed E-state index contributed by atoms with van der Waals surface area (Å²) in [7, 11) is 2.25. The van der Waals surface area contributed by atoms with Gasteiger partial charge in [0.25, 0.3) is 0 Å². The lowest BCUT2D eigenvalue weighted by Gasteiger charge is -2.42. The Kier molecular flexibility index (Phi) is 3.06. The van der Waals surface area contributed by atoms with Crippen molar-refractivity contribution < 1.29 is 0 Å². The van der Waals surface area contributed by atoms with Gasteiger partial charge in [0, 0.05) is 6.54 Å². The van der Waals surface area contributed by atoms with Crippen molar-refractivity contribution in [1.82, 2.24) is 4.90 Å².